The van der Waals surface area contributed by atoms with Crippen molar-refractivity contribution < 1.29 is 18.3 Å². The van der Waals surface area contributed by atoms with Gasteiger partial charge in [-0.1, -0.05) is 18.2 Å². The maximum absolute atomic E-state index is 13.0. The highest BCUT2D eigenvalue weighted by molar-refractivity contribution is 7.89. The molecule has 0 amide bonds. The van der Waals surface area contributed by atoms with Crippen LogP contribution in [0.25, 0.3) is 10.9 Å². The summed E-state index contributed by atoms with van der Waals surface area (Å²) in [5.41, 5.74) is 2.77. The van der Waals surface area contributed by atoms with Crippen molar-refractivity contribution in [3.05, 3.63) is 47.9 Å². The van der Waals surface area contributed by atoms with Crippen LogP contribution >= 0.6 is 0 Å². The summed E-state index contributed by atoms with van der Waals surface area (Å²) in [5.74, 6) is -0.863. The predicted octanol–water partition coefficient (Wildman–Crippen LogP) is 1.64. The van der Waals surface area contributed by atoms with Crippen LogP contribution in [0.2, 0.25) is 0 Å². The number of para-hydroxylation sites is 1. The summed E-state index contributed by atoms with van der Waals surface area (Å²) < 4.78 is 30.9. The molecule has 3 heterocycles. The molecule has 9 heteroatoms. The van der Waals surface area contributed by atoms with Gasteiger partial charge >= 0.3 is 5.97 Å². The first-order valence-electron chi connectivity index (χ1n) is 9.06. The Labute approximate surface area is 163 Å². The number of carboxylic acid groups (broad SMARTS) is 1. The van der Waals surface area contributed by atoms with Gasteiger partial charge in [0.2, 0.25) is 10.0 Å². The van der Waals surface area contributed by atoms with E-state index in [1.807, 2.05) is 24.3 Å². The Morgan fingerprint density at radius 3 is 2.79 bits per heavy atom. The number of carboxylic acids is 1. The molecule has 1 N–H and O–H groups in total. The average molecular weight is 402 g/mol. The van der Waals surface area contributed by atoms with Crippen molar-refractivity contribution in [3.8, 4) is 0 Å². The van der Waals surface area contributed by atoms with E-state index in [1.54, 1.807) is 14.1 Å². The Bertz CT molecular complexity index is 1160. The SMILES string of the molecule is CN([C@@H]1CCc2c(CC(=O)O)c3ccccc3n2C1)S(=O)(=O)c1cnn(C)c1. The molecule has 0 spiro atoms. The number of carbonyl (C=O) groups is 1. The Morgan fingerprint density at radius 2 is 2.11 bits per heavy atom. The Hall–Kier alpha value is -2.65. The highest BCUT2D eigenvalue weighted by Crippen LogP contribution is 2.33. The number of nitrogens with zero attached hydrogens (tertiary/aromatic N) is 4. The predicted molar refractivity (Wildman–Crippen MR) is 104 cm³/mol. The van der Waals surface area contributed by atoms with Crippen LogP contribution in [0, 0.1) is 0 Å². The van der Waals surface area contributed by atoms with Crippen molar-refractivity contribution in [2.75, 3.05) is 7.05 Å². The molecule has 1 aliphatic rings. The highest BCUT2D eigenvalue weighted by Gasteiger charge is 2.33. The fraction of sp³-hybridized carbons (Fsp3) is 0.368. The minimum Gasteiger partial charge on any atom is -0.481 e. The first-order valence-corrected chi connectivity index (χ1v) is 10.5. The van der Waals surface area contributed by atoms with Gasteiger partial charge in [-0.2, -0.15) is 9.40 Å². The molecular weight excluding hydrogens is 380 g/mol. The van der Waals surface area contributed by atoms with Crippen molar-refractivity contribution in [1.82, 2.24) is 18.7 Å². The van der Waals surface area contributed by atoms with Gasteiger partial charge in [-0.25, -0.2) is 8.42 Å². The fourth-order valence-corrected chi connectivity index (χ4v) is 5.43. The monoisotopic (exact) mass is 402 g/mol. The number of likely N-dealkylation sites (N-methyl/N-ethyl adjacent to an activating group) is 1. The summed E-state index contributed by atoms with van der Waals surface area (Å²) >= 11 is 0. The molecule has 4 rings (SSSR count). The standard InChI is InChI=1S/C19H22N4O4S/c1-21-12-14(10-20-21)28(26,27)22(2)13-7-8-18-16(9-19(24)25)15-5-3-4-6-17(15)23(18)11-13/h3-6,10,12-13H,7-9,11H2,1-2H3,(H,24,25)/t13-/m1/s1. The molecule has 0 radical (unpaired) electrons. The Kier molecular flexibility index (Phi) is 4.51. The molecule has 0 saturated heterocycles. The minimum absolute atomic E-state index is 0.0304. The van der Waals surface area contributed by atoms with Gasteiger partial charge in [-0.15, -0.1) is 0 Å². The lowest BCUT2D eigenvalue weighted by molar-refractivity contribution is -0.136. The van der Waals surface area contributed by atoms with Crippen LogP contribution in [-0.2, 0) is 41.3 Å². The van der Waals surface area contributed by atoms with Gasteiger partial charge < -0.3 is 9.67 Å². The van der Waals surface area contributed by atoms with Crippen LogP contribution in [0.4, 0.5) is 0 Å². The van der Waals surface area contributed by atoms with E-state index in [2.05, 4.69) is 9.67 Å². The first-order chi connectivity index (χ1) is 13.3. The van der Waals surface area contributed by atoms with Crippen molar-refractivity contribution in [3.63, 3.8) is 0 Å². The number of rotatable bonds is 5. The third-order valence-electron chi connectivity index (χ3n) is 5.50. The number of sulfonamides is 1. The maximum atomic E-state index is 13.0. The van der Waals surface area contributed by atoms with E-state index in [9.17, 15) is 18.3 Å². The zero-order valence-electron chi connectivity index (χ0n) is 15.7. The fourth-order valence-electron chi connectivity index (χ4n) is 4.07. The second kappa shape index (κ2) is 6.75. The molecule has 1 aromatic carbocycles. The van der Waals surface area contributed by atoms with Crippen molar-refractivity contribution in [1.29, 1.82) is 0 Å². The van der Waals surface area contributed by atoms with Crippen molar-refractivity contribution in [2.45, 2.75) is 36.7 Å². The quantitative estimate of drug-likeness (QED) is 0.700. The van der Waals surface area contributed by atoms with E-state index in [0.29, 0.717) is 19.4 Å². The normalized spacial score (nSPS) is 17.2. The molecule has 1 atom stereocenters. The number of hydrogen-bond acceptors (Lipinski definition) is 4. The molecule has 0 bridgehead atoms. The third-order valence-corrected chi connectivity index (χ3v) is 7.37. The zero-order chi connectivity index (χ0) is 20.1. The summed E-state index contributed by atoms with van der Waals surface area (Å²) in [6.45, 7) is 0.492. The van der Waals surface area contributed by atoms with Crippen LogP contribution in [0.15, 0.2) is 41.6 Å². The van der Waals surface area contributed by atoms with Gasteiger partial charge in [-0.05, 0) is 24.5 Å². The number of aromatic nitrogens is 3. The molecule has 0 unspecified atom stereocenters. The van der Waals surface area contributed by atoms with Crippen LogP contribution in [0.3, 0.4) is 0 Å². The third kappa shape index (κ3) is 3.00. The summed E-state index contributed by atoms with van der Waals surface area (Å²) in [5, 5.41) is 14.2. The van der Waals surface area contributed by atoms with E-state index >= 15 is 0 Å². The molecular formula is C19H22N4O4S. The lowest BCUT2D eigenvalue weighted by Crippen LogP contribution is -2.42. The van der Waals surface area contributed by atoms with Gasteiger partial charge in [0.25, 0.3) is 0 Å². The second-order valence-corrected chi connectivity index (χ2v) is 9.18. The van der Waals surface area contributed by atoms with E-state index in [1.165, 1.54) is 21.4 Å². The van der Waals surface area contributed by atoms with E-state index in [0.717, 1.165) is 22.2 Å². The molecule has 28 heavy (non-hydrogen) atoms. The number of hydrogen-bond donors (Lipinski definition) is 1. The summed E-state index contributed by atoms with van der Waals surface area (Å²) in [7, 11) is -0.362. The molecule has 0 fully saturated rings. The van der Waals surface area contributed by atoms with E-state index in [4.69, 9.17) is 0 Å². The van der Waals surface area contributed by atoms with Crippen LogP contribution in [0.5, 0.6) is 0 Å². The molecule has 2 aromatic heterocycles. The number of fused-ring (bicyclic) bond motifs is 3. The van der Waals surface area contributed by atoms with Crippen LogP contribution in [-0.4, -0.2) is 51.2 Å². The Morgan fingerprint density at radius 1 is 1.36 bits per heavy atom. The van der Waals surface area contributed by atoms with E-state index < -0.39 is 16.0 Å². The van der Waals surface area contributed by atoms with Crippen molar-refractivity contribution in [2.24, 2.45) is 7.05 Å². The molecule has 148 valence electrons. The topological polar surface area (TPSA) is 97.4 Å². The molecule has 0 saturated carbocycles. The van der Waals surface area contributed by atoms with Gasteiger partial charge in [0.05, 0.1) is 12.6 Å². The highest BCUT2D eigenvalue weighted by atomic mass is 32.2. The Balaban J connectivity index is 1.71. The lowest BCUT2D eigenvalue weighted by atomic mass is 10.0. The van der Waals surface area contributed by atoms with Gasteiger partial charge in [0.15, 0.2) is 0 Å². The number of aryl methyl sites for hydroxylation is 1. The summed E-state index contributed by atoms with van der Waals surface area (Å²) in [6.07, 6.45) is 4.09. The second-order valence-electron chi connectivity index (χ2n) is 7.19. The average Bonchev–Trinajstić information content (AvgIpc) is 3.23. The molecule has 0 aliphatic carbocycles. The number of benzene rings is 1. The van der Waals surface area contributed by atoms with Crippen molar-refractivity contribution >= 4 is 26.9 Å². The smallest absolute Gasteiger partial charge is 0.307 e. The zero-order valence-corrected chi connectivity index (χ0v) is 16.6. The molecule has 3 aromatic rings. The van der Waals surface area contributed by atoms with E-state index in [-0.39, 0.29) is 17.4 Å². The van der Waals surface area contributed by atoms with Gasteiger partial charge in [0, 0.05) is 49.5 Å². The van der Waals surface area contributed by atoms with Gasteiger partial charge in [-0.3, -0.25) is 9.48 Å². The minimum atomic E-state index is -3.64. The summed E-state index contributed by atoms with van der Waals surface area (Å²) in [6, 6.07) is 7.49. The molecule has 1 aliphatic heterocycles. The maximum Gasteiger partial charge on any atom is 0.307 e. The lowest BCUT2D eigenvalue weighted by Gasteiger charge is -2.32. The number of aliphatic carboxylic acids is 1. The molecule has 8 nitrogen and oxygen atoms in total. The largest absolute Gasteiger partial charge is 0.481 e. The summed E-state index contributed by atoms with van der Waals surface area (Å²) in [4.78, 5) is 11.5. The van der Waals surface area contributed by atoms with Gasteiger partial charge in [0.1, 0.15) is 4.90 Å². The van der Waals surface area contributed by atoms with Crippen LogP contribution < -0.4 is 0 Å². The van der Waals surface area contributed by atoms with Crippen LogP contribution in [0.1, 0.15) is 17.7 Å². The first kappa shape index (κ1) is 18.7.